The van der Waals surface area contributed by atoms with Gasteiger partial charge in [-0.25, -0.2) is 13.6 Å². The van der Waals surface area contributed by atoms with Crippen LogP contribution in [0.4, 0.5) is 0 Å². The molecule has 1 rings (SSSR count). The maximum atomic E-state index is 11.0. The zero-order valence-electron chi connectivity index (χ0n) is 8.91. The number of nitrogens with one attached hydrogen (secondary N) is 1. The van der Waals surface area contributed by atoms with Crippen molar-refractivity contribution < 1.29 is 8.42 Å². The van der Waals surface area contributed by atoms with Gasteiger partial charge in [-0.3, -0.25) is 0 Å². The van der Waals surface area contributed by atoms with Gasteiger partial charge in [-0.15, -0.1) is 0 Å². The molecule has 1 fully saturated rings. The largest absolute Gasteiger partial charge is 0.316 e. The van der Waals surface area contributed by atoms with Crippen molar-refractivity contribution in [3.05, 3.63) is 0 Å². The second-order valence-corrected chi connectivity index (χ2v) is 6.45. The predicted octanol–water partition coefficient (Wildman–Crippen LogP) is 0.301. The average Bonchev–Trinajstić information content (AvgIpc) is 2.01. The first kappa shape index (κ1) is 11.9. The van der Waals surface area contributed by atoms with Gasteiger partial charge in [0.1, 0.15) is 0 Å². The molecule has 1 heterocycles. The summed E-state index contributed by atoms with van der Waals surface area (Å²) in [6, 6.07) is 0. The molecular weight excluding hydrogens is 200 g/mol. The summed E-state index contributed by atoms with van der Waals surface area (Å²) >= 11 is 0. The van der Waals surface area contributed by atoms with Gasteiger partial charge in [0, 0.05) is 0 Å². The summed E-state index contributed by atoms with van der Waals surface area (Å²) in [6.45, 7) is 5.91. The third-order valence-electron chi connectivity index (χ3n) is 2.98. The van der Waals surface area contributed by atoms with Crippen LogP contribution in [0, 0.1) is 11.3 Å². The summed E-state index contributed by atoms with van der Waals surface area (Å²) in [5, 5.41) is 8.37. The van der Waals surface area contributed by atoms with Crippen molar-refractivity contribution in [2.24, 2.45) is 16.5 Å². The van der Waals surface area contributed by atoms with Gasteiger partial charge in [0.25, 0.3) is 0 Å². The lowest BCUT2D eigenvalue weighted by molar-refractivity contribution is 0.196. The Kier molecular flexibility index (Phi) is 3.55. The van der Waals surface area contributed by atoms with Crippen molar-refractivity contribution in [3.63, 3.8) is 0 Å². The summed E-state index contributed by atoms with van der Waals surface area (Å²) in [5.41, 5.74) is -0.221. The topological polar surface area (TPSA) is 72.2 Å². The normalized spacial score (nSPS) is 24.9. The molecule has 0 radical (unpaired) electrons. The van der Waals surface area contributed by atoms with Gasteiger partial charge in [-0.2, -0.15) is 0 Å². The molecule has 0 aromatic heterocycles. The van der Waals surface area contributed by atoms with Crippen LogP contribution in [0.3, 0.4) is 0 Å². The summed E-state index contributed by atoms with van der Waals surface area (Å²) in [4.78, 5) is 0. The minimum atomic E-state index is -3.36. The summed E-state index contributed by atoms with van der Waals surface area (Å²) < 4.78 is 22.1. The minimum Gasteiger partial charge on any atom is -0.316 e. The first-order valence-corrected chi connectivity index (χ1v) is 6.74. The Balaban J connectivity index is 2.63. The van der Waals surface area contributed by atoms with Crippen LogP contribution in [0.25, 0.3) is 0 Å². The molecule has 14 heavy (non-hydrogen) atoms. The molecular formula is C9H20N2O2S. The lowest BCUT2D eigenvalue weighted by Crippen LogP contribution is -2.42. The fraction of sp³-hybridized carbons (Fsp3) is 1.00. The first-order valence-electron chi connectivity index (χ1n) is 5.02. The second kappa shape index (κ2) is 4.16. The van der Waals surface area contributed by atoms with Crippen molar-refractivity contribution in [2.75, 3.05) is 18.8 Å². The smallest absolute Gasteiger partial charge is 0.209 e. The van der Waals surface area contributed by atoms with E-state index in [0.29, 0.717) is 5.92 Å². The van der Waals surface area contributed by atoms with Crippen LogP contribution < -0.4 is 10.5 Å². The highest BCUT2D eigenvalue weighted by Gasteiger charge is 2.33. The number of hydrogen-bond acceptors (Lipinski definition) is 3. The van der Waals surface area contributed by atoms with Crippen LogP contribution in [0.5, 0.6) is 0 Å². The monoisotopic (exact) mass is 220 g/mol. The van der Waals surface area contributed by atoms with Crippen molar-refractivity contribution >= 4 is 10.0 Å². The third kappa shape index (κ3) is 3.55. The van der Waals surface area contributed by atoms with Crippen LogP contribution in [-0.4, -0.2) is 27.3 Å². The standard InChI is InChI=1S/C9H20N2O2S/c1-9(2,7-14(10,12)13)8-4-3-5-11-6-8/h8,11H,3-7H2,1-2H3,(H2,10,12,13). The van der Waals surface area contributed by atoms with Gasteiger partial charge in [0.15, 0.2) is 0 Å². The lowest BCUT2D eigenvalue weighted by atomic mass is 9.76. The number of sulfonamides is 1. The lowest BCUT2D eigenvalue weighted by Gasteiger charge is -2.36. The molecule has 0 spiro atoms. The summed E-state index contributed by atoms with van der Waals surface area (Å²) in [7, 11) is -3.36. The summed E-state index contributed by atoms with van der Waals surface area (Å²) in [5.74, 6) is 0.487. The second-order valence-electron chi connectivity index (χ2n) is 4.84. The SMILES string of the molecule is CC(C)(CS(N)(=O)=O)C1CCCNC1. The highest BCUT2D eigenvalue weighted by molar-refractivity contribution is 7.89. The molecule has 1 aliphatic heterocycles. The van der Waals surface area contributed by atoms with E-state index in [2.05, 4.69) is 5.32 Å². The van der Waals surface area contributed by atoms with Gasteiger partial charge in [-0.05, 0) is 37.3 Å². The summed E-state index contributed by atoms with van der Waals surface area (Å²) in [6.07, 6.45) is 2.22. The number of nitrogens with two attached hydrogens (primary N) is 1. The molecule has 0 aliphatic carbocycles. The van der Waals surface area contributed by atoms with Crippen LogP contribution in [0.15, 0.2) is 0 Å². The van der Waals surface area contributed by atoms with Crippen molar-refractivity contribution in [1.29, 1.82) is 0 Å². The number of rotatable bonds is 3. The highest BCUT2D eigenvalue weighted by Crippen LogP contribution is 2.32. The Labute approximate surface area is 86.3 Å². The molecule has 0 saturated carbocycles. The number of piperidine rings is 1. The van der Waals surface area contributed by atoms with E-state index >= 15 is 0 Å². The van der Waals surface area contributed by atoms with Crippen molar-refractivity contribution in [2.45, 2.75) is 26.7 Å². The Morgan fingerprint density at radius 2 is 2.14 bits per heavy atom. The zero-order chi connectivity index (χ0) is 10.8. The molecule has 0 amide bonds. The fourth-order valence-electron chi connectivity index (χ4n) is 2.16. The molecule has 84 valence electrons. The number of hydrogen-bond donors (Lipinski definition) is 2. The Hall–Kier alpha value is -0.130. The molecule has 3 N–H and O–H groups in total. The van der Waals surface area contributed by atoms with Crippen LogP contribution in [0.2, 0.25) is 0 Å². The maximum Gasteiger partial charge on any atom is 0.209 e. The van der Waals surface area contributed by atoms with Crippen LogP contribution >= 0.6 is 0 Å². The van der Waals surface area contributed by atoms with E-state index in [1.54, 1.807) is 0 Å². The highest BCUT2D eigenvalue weighted by atomic mass is 32.2. The molecule has 5 heteroatoms. The van der Waals surface area contributed by atoms with E-state index in [9.17, 15) is 8.42 Å². The molecule has 0 bridgehead atoms. The Morgan fingerprint density at radius 1 is 1.50 bits per heavy atom. The zero-order valence-corrected chi connectivity index (χ0v) is 9.73. The molecule has 1 aliphatic rings. The first-order chi connectivity index (χ1) is 6.31. The van der Waals surface area contributed by atoms with E-state index in [-0.39, 0.29) is 11.2 Å². The van der Waals surface area contributed by atoms with Gasteiger partial charge in [-0.1, -0.05) is 13.8 Å². The predicted molar refractivity (Wildman–Crippen MR) is 57.3 cm³/mol. The number of primary sulfonamides is 1. The molecule has 0 aromatic carbocycles. The average molecular weight is 220 g/mol. The van der Waals surface area contributed by atoms with E-state index in [1.165, 1.54) is 0 Å². The van der Waals surface area contributed by atoms with E-state index in [4.69, 9.17) is 5.14 Å². The fourth-order valence-corrected chi connectivity index (χ4v) is 3.43. The quantitative estimate of drug-likeness (QED) is 0.718. The Morgan fingerprint density at radius 3 is 2.57 bits per heavy atom. The van der Waals surface area contributed by atoms with E-state index < -0.39 is 10.0 Å². The van der Waals surface area contributed by atoms with Crippen LogP contribution in [-0.2, 0) is 10.0 Å². The van der Waals surface area contributed by atoms with Gasteiger partial charge in [0.05, 0.1) is 5.75 Å². The van der Waals surface area contributed by atoms with Gasteiger partial charge >= 0.3 is 0 Å². The molecule has 1 unspecified atom stereocenters. The molecule has 1 atom stereocenters. The molecule has 0 aromatic rings. The van der Waals surface area contributed by atoms with Gasteiger partial charge in [0.2, 0.25) is 10.0 Å². The van der Waals surface area contributed by atoms with E-state index in [1.807, 2.05) is 13.8 Å². The Bertz CT molecular complexity index is 279. The molecule has 1 saturated heterocycles. The molecule has 4 nitrogen and oxygen atoms in total. The minimum absolute atomic E-state index is 0.0757. The van der Waals surface area contributed by atoms with Crippen molar-refractivity contribution in [1.82, 2.24) is 5.32 Å². The maximum absolute atomic E-state index is 11.0. The van der Waals surface area contributed by atoms with E-state index in [0.717, 1.165) is 25.9 Å². The van der Waals surface area contributed by atoms with Crippen LogP contribution in [0.1, 0.15) is 26.7 Å². The third-order valence-corrected chi connectivity index (χ3v) is 4.12. The van der Waals surface area contributed by atoms with Crippen molar-refractivity contribution in [3.8, 4) is 0 Å². The van der Waals surface area contributed by atoms with Gasteiger partial charge < -0.3 is 5.32 Å².